The maximum atomic E-state index is 10.8. The molecule has 22 heavy (non-hydrogen) atoms. The zero-order valence-corrected chi connectivity index (χ0v) is 14.1. The van der Waals surface area contributed by atoms with E-state index in [0.29, 0.717) is 17.4 Å². The monoisotopic (exact) mass is 346 g/mol. The van der Waals surface area contributed by atoms with E-state index in [1.807, 2.05) is 12.1 Å². The fraction of sp³-hybridized carbons (Fsp3) is 0.625. The minimum atomic E-state index is -3.84. The van der Waals surface area contributed by atoms with Crippen LogP contribution >= 0.6 is 11.6 Å². The molecule has 1 aliphatic rings. The Hall–Kier alpha value is -0.620. The van der Waals surface area contributed by atoms with Gasteiger partial charge in [-0.1, -0.05) is 36.6 Å². The maximum absolute atomic E-state index is 10.8. The summed E-state index contributed by atoms with van der Waals surface area (Å²) in [6, 6.07) is 7.37. The Morgan fingerprint density at radius 2 is 1.73 bits per heavy atom. The van der Waals surface area contributed by atoms with Crippen LogP contribution in [-0.2, 0) is 15.7 Å². The molecule has 1 aromatic carbocycles. The topological polar surface area (TPSA) is 74.6 Å². The Morgan fingerprint density at radius 3 is 2.27 bits per heavy atom. The fourth-order valence-electron chi connectivity index (χ4n) is 3.21. The molecule has 0 aliphatic heterocycles. The van der Waals surface area contributed by atoms with Gasteiger partial charge in [-0.3, -0.25) is 4.55 Å². The van der Waals surface area contributed by atoms with Gasteiger partial charge in [0.25, 0.3) is 10.1 Å². The molecule has 1 aliphatic carbocycles. The van der Waals surface area contributed by atoms with Gasteiger partial charge in [0.15, 0.2) is 0 Å². The average Bonchev–Trinajstić information content (AvgIpc) is 2.45. The Balaban J connectivity index is 1.79. The molecule has 0 radical (unpaired) electrons. The lowest BCUT2D eigenvalue weighted by Gasteiger charge is -2.36. The average molecular weight is 347 g/mol. The van der Waals surface area contributed by atoms with Crippen molar-refractivity contribution in [2.75, 3.05) is 5.75 Å². The van der Waals surface area contributed by atoms with Crippen molar-refractivity contribution < 1.29 is 18.1 Å². The van der Waals surface area contributed by atoms with Gasteiger partial charge in [-0.05, 0) is 55.7 Å². The zero-order valence-electron chi connectivity index (χ0n) is 12.5. The molecule has 0 unspecified atom stereocenters. The van der Waals surface area contributed by atoms with E-state index in [1.54, 1.807) is 12.1 Å². The number of aliphatic hydroxyl groups is 1. The van der Waals surface area contributed by atoms with Crippen LogP contribution in [0.15, 0.2) is 24.3 Å². The van der Waals surface area contributed by atoms with Crippen molar-refractivity contribution in [2.45, 2.75) is 50.5 Å². The Kier molecular flexibility index (Phi) is 5.88. The minimum Gasteiger partial charge on any atom is -0.385 e. The van der Waals surface area contributed by atoms with Gasteiger partial charge in [0.05, 0.1) is 11.4 Å². The van der Waals surface area contributed by atoms with Crippen LogP contribution in [0, 0.1) is 5.92 Å². The number of hydrogen-bond donors (Lipinski definition) is 2. The standard InChI is InChI=1S/C16H23ClO4S/c17-15-6-4-14(5-7-15)16(18)10-8-13(9-11-16)3-1-2-12-22(19,20)21/h4-7,13,18H,1-3,8-12H2,(H,19,20,21). The molecule has 124 valence electrons. The predicted octanol–water partition coefficient (Wildman–Crippen LogP) is 3.78. The molecule has 0 amide bonds. The minimum absolute atomic E-state index is 0.158. The van der Waals surface area contributed by atoms with E-state index < -0.39 is 15.7 Å². The van der Waals surface area contributed by atoms with Crippen LogP contribution in [0.3, 0.4) is 0 Å². The molecule has 0 spiro atoms. The maximum Gasteiger partial charge on any atom is 0.264 e. The van der Waals surface area contributed by atoms with Gasteiger partial charge in [-0.15, -0.1) is 0 Å². The second-order valence-corrected chi connectivity index (χ2v) is 8.27. The van der Waals surface area contributed by atoms with Gasteiger partial charge in [0.2, 0.25) is 0 Å². The third-order valence-electron chi connectivity index (χ3n) is 4.58. The summed E-state index contributed by atoms with van der Waals surface area (Å²) in [6.07, 6.45) is 5.55. The summed E-state index contributed by atoms with van der Waals surface area (Å²) in [5, 5.41) is 11.4. The third kappa shape index (κ3) is 5.23. The van der Waals surface area contributed by atoms with Gasteiger partial charge in [0.1, 0.15) is 0 Å². The highest BCUT2D eigenvalue weighted by Gasteiger charge is 2.34. The van der Waals surface area contributed by atoms with E-state index in [4.69, 9.17) is 16.2 Å². The van der Waals surface area contributed by atoms with Gasteiger partial charge < -0.3 is 5.11 Å². The molecule has 0 aromatic heterocycles. The SMILES string of the molecule is O=S(=O)(O)CCCCC1CCC(O)(c2ccc(Cl)cc2)CC1. The van der Waals surface area contributed by atoms with Crippen LogP contribution in [0.5, 0.6) is 0 Å². The molecule has 1 aromatic rings. The zero-order chi connectivity index (χ0) is 16.2. The smallest absolute Gasteiger partial charge is 0.264 e. The number of rotatable bonds is 6. The Labute approximate surface area is 137 Å². The van der Waals surface area contributed by atoms with Crippen LogP contribution in [0.1, 0.15) is 50.5 Å². The molecule has 0 saturated heterocycles. The van der Waals surface area contributed by atoms with Gasteiger partial charge in [-0.2, -0.15) is 8.42 Å². The predicted molar refractivity (Wildman–Crippen MR) is 87.6 cm³/mol. The van der Waals surface area contributed by atoms with Gasteiger partial charge >= 0.3 is 0 Å². The number of hydrogen-bond acceptors (Lipinski definition) is 3. The highest BCUT2D eigenvalue weighted by atomic mass is 35.5. The first-order valence-electron chi connectivity index (χ1n) is 7.72. The molecule has 2 rings (SSSR count). The number of benzene rings is 1. The van der Waals surface area contributed by atoms with Crippen molar-refractivity contribution in [2.24, 2.45) is 5.92 Å². The molecule has 4 nitrogen and oxygen atoms in total. The van der Waals surface area contributed by atoms with Crippen molar-refractivity contribution in [3.05, 3.63) is 34.9 Å². The quantitative estimate of drug-likeness (QED) is 0.607. The van der Waals surface area contributed by atoms with Crippen LogP contribution < -0.4 is 0 Å². The molecule has 0 bridgehead atoms. The van der Waals surface area contributed by atoms with E-state index in [1.165, 1.54) is 0 Å². The van der Waals surface area contributed by atoms with E-state index in [9.17, 15) is 13.5 Å². The van der Waals surface area contributed by atoms with Crippen molar-refractivity contribution in [3.8, 4) is 0 Å². The van der Waals surface area contributed by atoms with Crippen LogP contribution in [0.25, 0.3) is 0 Å². The lowest BCUT2D eigenvalue weighted by atomic mass is 9.74. The van der Waals surface area contributed by atoms with E-state index in [0.717, 1.165) is 44.1 Å². The summed E-state index contributed by atoms with van der Waals surface area (Å²) in [6.45, 7) is 0. The molecule has 0 atom stereocenters. The molecule has 6 heteroatoms. The van der Waals surface area contributed by atoms with Gasteiger partial charge in [-0.25, -0.2) is 0 Å². The normalized spacial score (nSPS) is 26.0. The summed E-state index contributed by atoms with van der Waals surface area (Å²) in [4.78, 5) is 0. The van der Waals surface area contributed by atoms with Crippen molar-refractivity contribution in [3.63, 3.8) is 0 Å². The summed E-state index contributed by atoms with van der Waals surface area (Å²) in [5.74, 6) is 0.364. The Bertz CT molecular complexity index is 575. The van der Waals surface area contributed by atoms with Gasteiger partial charge in [0, 0.05) is 5.02 Å². The van der Waals surface area contributed by atoms with Crippen molar-refractivity contribution in [1.29, 1.82) is 0 Å². The summed E-state index contributed by atoms with van der Waals surface area (Å²) >= 11 is 5.88. The van der Waals surface area contributed by atoms with E-state index >= 15 is 0 Å². The molecule has 0 heterocycles. The fourth-order valence-corrected chi connectivity index (χ4v) is 3.91. The third-order valence-corrected chi connectivity index (χ3v) is 5.64. The van der Waals surface area contributed by atoms with E-state index in [2.05, 4.69) is 0 Å². The van der Waals surface area contributed by atoms with Crippen molar-refractivity contribution >= 4 is 21.7 Å². The van der Waals surface area contributed by atoms with Crippen LogP contribution in [0.4, 0.5) is 0 Å². The summed E-state index contributed by atoms with van der Waals surface area (Å²) in [7, 11) is -3.84. The highest BCUT2D eigenvalue weighted by molar-refractivity contribution is 7.85. The first-order chi connectivity index (χ1) is 10.3. The molecular weight excluding hydrogens is 324 g/mol. The van der Waals surface area contributed by atoms with Crippen molar-refractivity contribution in [1.82, 2.24) is 0 Å². The Morgan fingerprint density at radius 1 is 1.14 bits per heavy atom. The molecule has 1 fully saturated rings. The second kappa shape index (κ2) is 7.30. The molecular formula is C16H23ClO4S. The number of unbranched alkanes of at least 4 members (excludes halogenated alkanes) is 1. The molecule has 1 saturated carbocycles. The van der Waals surface area contributed by atoms with Crippen LogP contribution in [0.2, 0.25) is 5.02 Å². The second-order valence-electron chi connectivity index (χ2n) is 6.26. The summed E-state index contributed by atoms with van der Waals surface area (Å²) < 4.78 is 30.0. The van der Waals surface area contributed by atoms with E-state index in [-0.39, 0.29) is 5.75 Å². The summed E-state index contributed by atoms with van der Waals surface area (Å²) in [5.41, 5.74) is 0.150. The van der Waals surface area contributed by atoms with Crippen LogP contribution in [-0.4, -0.2) is 23.8 Å². The first kappa shape index (κ1) is 17.7. The lowest BCUT2D eigenvalue weighted by molar-refractivity contribution is -0.0153. The molecule has 2 N–H and O–H groups in total. The lowest BCUT2D eigenvalue weighted by Crippen LogP contribution is -2.31. The first-order valence-corrected chi connectivity index (χ1v) is 9.71. The number of halogens is 1. The highest BCUT2D eigenvalue weighted by Crippen LogP contribution is 2.41. The largest absolute Gasteiger partial charge is 0.385 e.